The molecule has 53 heavy (non-hydrogen) atoms. The van der Waals surface area contributed by atoms with Crippen LogP contribution in [0.4, 0.5) is 0 Å². The third-order valence-corrected chi connectivity index (χ3v) is 9.41. The highest BCUT2D eigenvalue weighted by Crippen LogP contribution is 2.12. The van der Waals surface area contributed by atoms with E-state index in [0.29, 0.717) is 45.7 Å². The summed E-state index contributed by atoms with van der Waals surface area (Å²) in [6.45, 7) is 12.1. The van der Waals surface area contributed by atoms with E-state index in [0.717, 1.165) is 142 Å². The lowest BCUT2D eigenvalue weighted by Gasteiger charge is -2.22. The number of esters is 2. The fourth-order valence-corrected chi connectivity index (χ4v) is 6.11. The van der Waals surface area contributed by atoms with E-state index in [-0.39, 0.29) is 24.8 Å². The fourth-order valence-electron chi connectivity index (χ4n) is 6.11. The van der Waals surface area contributed by atoms with Crippen molar-refractivity contribution >= 4 is 11.9 Å². The highest BCUT2D eigenvalue weighted by molar-refractivity contribution is 5.69. The van der Waals surface area contributed by atoms with E-state index >= 15 is 0 Å². The van der Waals surface area contributed by atoms with Gasteiger partial charge in [-0.15, -0.1) is 0 Å². The van der Waals surface area contributed by atoms with Gasteiger partial charge in [0.25, 0.3) is 0 Å². The van der Waals surface area contributed by atoms with Crippen LogP contribution in [0.3, 0.4) is 0 Å². The molecule has 0 rings (SSSR count). The molecule has 0 aromatic rings. The number of unbranched alkanes of at least 4 members (excludes halogenated alkanes) is 16. The van der Waals surface area contributed by atoms with E-state index in [1.54, 1.807) is 0 Å². The minimum Gasteiger partial charge on any atom is -0.466 e. The number of carbonyl (C=O) groups excluding carboxylic acids is 2. The first-order chi connectivity index (χ1) is 26.1. The molecule has 0 unspecified atom stereocenters. The van der Waals surface area contributed by atoms with E-state index in [9.17, 15) is 14.7 Å². The van der Waals surface area contributed by atoms with Crippen molar-refractivity contribution < 1.29 is 33.6 Å². The van der Waals surface area contributed by atoms with Crippen LogP contribution in [0, 0.1) is 0 Å². The average molecular weight is 752 g/mol. The monoisotopic (exact) mass is 752 g/mol. The Balaban J connectivity index is 4.21. The predicted molar refractivity (Wildman–Crippen MR) is 221 cm³/mol. The Kier molecular flexibility index (Phi) is 41.6. The zero-order chi connectivity index (χ0) is 38.7. The van der Waals surface area contributed by atoms with Crippen molar-refractivity contribution in [2.24, 2.45) is 0 Å². The molecule has 0 saturated heterocycles. The smallest absolute Gasteiger partial charge is 0.305 e. The molecule has 0 aliphatic rings. The Morgan fingerprint density at radius 3 is 1.53 bits per heavy atom. The van der Waals surface area contributed by atoms with E-state index in [4.69, 9.17) is 18.9 Å². The van der Waals surface area contributed by atoms with Crippen molar-refractivity contribution in [3.8, 4) is 0 Å². The predicted octanol–water partition coefficient (Wildman–Crippen LogP) is 11.4. The molecule has 0 aliphatic heterocycles. The second kappa shape index (κ2) is 43.0. The molecule has 312 valence electrons. The van der Waals surface area contributed by atoms with Gasteiger partial charge in [0, 0.05) is 32.7 Å². The SMILES string of the molecule is CC/C=C\CCCCOC(CCC(=O)OCCCCN(CCCCO)CCCCCCCC(=O)OCCCCCCCCC)OCCCC/C=C\CC. The van der Waals surface area contributed by atoms with Gasteiger partial charge in [0.2, 0.25) is 0 Å². The van der Waals surface area contributed by atoms with Gasteiger partial charge in [0.1, 0.15) is 0 Å². The minimum atomic E-state index is -0.367. The van der Waals surface area contributed by atoms with Gasteiger partial charge in [-0.2, -0.15) is 0 Å². The van der Waals surface area contributed by atoms with E-state index in [2.05, 4.69) is 50.0 Å². The summed E-state index contributed by atoms with van der Waals surface area (Å²) in [5, 5.41) is 9.26. The summed E-state index contributed by atoms with van der Waals surface area (Å²) < 4.78 is 23.1. The van der Waals surface area contributed by atoms with Crippen molar-refractivity contribution in [3.05, 3.63) is 24.3 Å². The fraction of sp³-hybridized carbons (Fsp3) is 0.867. The Labute approximate surface area is 327 Å². The van der Waals surface area contributed by atoms with Gasteiger partial charge in [0.15, 0.2) is 6.29 Å². The first-order valence-electron chi connectivity index (χ1n) is 22.2. The lowest BCUT2D eigenvalue weighted by atomic mass is 10.1. The van der Waals surface area contributed by atoms with Crippen LogP contribution in [0.5, 0.6) is 0 Å². The summed E-state index contributed by atoms with van der Waals surface area (Å²) in [7, 11) is 0. The van der Waals surface area contributed by atoms with Crippen molar-refractivity contribution in [1.82, 2.24) is 4.90 Å². The summed E-state index contributed by atoms with van der Waals surface area (Å²) in [5.41, 5.74) is 0. The van der Waals surface area contributed by atoms with E-state index in [1.807, 2.05) is 0 Å². The van der Waals surface area contributed by atoms with Gasteiger partial charge in [0.05, 0.1) is 19.6 Å². The molecule has 0 fully saturated rings. The Morgan fingerprint density at radius 2 is 0.962 bits per heavy atom. The zero-order valence-electron chi connectivity index (χ0n) is 35.0. The molecule has 0 heterocycles. The largest absolute Gasteiger partial charge is 0.466 e. The lowest BCUT2D eigenvalue weighted by Crippen LogP contribution is -2.27. The molecule has 8 heteroatoms. The molecule has 8 nitrogen and oxygen atoms in total. The maximum absolute atomic E-state index is 12.6. The molecule has 0 radical (unpaired) electrons. The van der Waals surface area contributed by atoms with Crippen LogP contribution in [-0.2, 0) is 28.5 Å². The molecule has 0 atom stereocenters. The molecule has 1 N–H and O–H groups in total. The van der Waals surface area contributed by atoms with Crippen LogP contribution < -0.4 is 0 Å². The summed E-state index contributed by atoms with van der Waals surface area (Å²) in [5.74, 6) is -0.226. The number of allylic oxidation sites excluding steroid dienone is 4. The van der Waals surface area contributed by atoms with Gasteiger partial charge in [-0.05, 0) is 116 Å². The Bertz CT molecular complexity index is 810. The molecular formula is C45H85NO7. The zero-order valence-corrected chi connectivity index (χ0v) is 35.0. The van der Waals surface area contributed by atoms with Crippen molar-refractivity contribution in [2.75, 3.05) is 52.7 Å². The summed E-state index contributed by atoms with van der Waals surface area (Å²) >= 11 is 0. The van der Waals surface area contributed by atoms with Crippen LogP contribution in [0.25, 0.3) is 0 Å². The van der Waals surface area contributed by atoms with Crippen LogP contribution in [-0.4, -0.2) is 80.9 Å². The number of rotatable bonds is 42. The standard InChI is InChI=1S/C45H85NO7/c1-4-7-10-13-16-22-28-39-50-43(48)32-23-18-17-19-24-35-46(36-25-27-38-47)37-26-31-40-51-44(49)33-34-45(52-41-29-20-14-11-8-5-2)53-42-30-21-15-12-9-6-3/h8-9,11-12,45,47H,4-7,10,13-42H2,1-3H3/b11-8-,12-9-. The third-order valence-electron chi connectivity index (χ3n) is 9.41. The first kappa shape index (κ1) is 51.3. The number of hydrogen-bond acceptors (Lipinski definition) is 8. The second-order valence-corrected chi connectivity index (χ2v) is 14.5. The number of aliphatic hydroxyl groups is 1. The summed E-state index contributed by atoms with van der Waals surface area (Å²) in [4.78, 5) is 27.1. The second-order valence-electron chi connectivity index (χ2n) is 14.5. The molecule has 0 spiro atoms. The molecule has 0 aliphatic carbocycles. The molecule has 0 saturated carbocycles. The molecular weight excluding hydrogens is 666 g/mol. The normalized spacial score (nSPS) is 11.9. The van der Waals surface area contributed by atoms with Gasteiger partial charge in [-0.3, -0.25) is 9.59 Å². The lowest BCUT2D eigenvalue weighted by molar-refractivity contribution is -0.159. The number of hydrogen-bond donors (Lipinski definition) is 1. The van der Waals surface area contributed by atoms with E-state index in [1.165, 1.54) is 32.1 Å². The van der Waals surface area contributed by atoms with Crippen LogP contribution in [0.15, 0.2) is 24.3 Å². The van der Waals surface area contributed by atoms with Crippen molar-refractivity contribution in [1.29, 1.82) is 0 Å². The van der Waals surface area contributed by atoms with Gasteiger partial charge >= 0.3 is 11.9 Å². The van der Waals surface area contributed by atoms with E-state index < -0.39 is 0 Å². The maximum atomic E-state index is 12.6. The first-order valence-corrected chi connectivity index (χ1v) is 22.2. The van der Waals surface area contributed by atoms with Crippen molar-refractivity contribution in [3.63, 3.8) is 0 Å². The highest BCUT2D eigenvalue weighted by atomic mass is 16.7. The van der Waals surface area contributed by atoms with Crippen molar-refractivity contribution in [2.45, 2.75) is 200 Å². The maximum Gasteiger partial charge on any atom is 0.305 e. The average Bonchev–Trinajstić information content (AvgIpc) is 3.16. The van der Waals surface area contributed by atoms with Gasteiger partial charge < -0.3 is 29.0 Å². The van der Waals surface area contributed by atoms with Gasteiger partial charge in [-0.25, -0.2) is 0 Å². The summed E-state index contributed by atoms with van der Waals surface area (Å²) in [6, 6.07) is 0. The summed E-state index contributed by atoms with van der Waals surface area (Å²) in [6.07, 6.45) is 35.9. The van der Waals surface area contributed by atoms with Crippen LogP contribution in [0.1, 0.15) is 194 Å². The molecule has 0 aromatic carbocycles. The Morgan fingerprint density at radius 1 is 0.509 bits per heavy atom. The minimum absolute atomic E-state index is 0.0436. The quantitative estimate of drug-likeness (QED) is 0.0285. The molecule has 0 bridgehead atoms. The Hall–Kier alpha value is -1.74. The van der Waals surface area contributed by atoms with Crippen LogP contribution >= 0.6 is 0 Å². The third kappa shape index (κ3) is 39.8. The molecule has 0 amide bonds. The molecule has 0 aromatic heterocycles. The highest BCUT2D eigenvalue weighted by Gasteiger charge is 2.14. The topological polar surface area (TPSA) is 94.5 Å². The number of carbonyl (C=O) groups is 2. The number of nitrogens with zero attached hydrogens (tertiary/aromatic N) is 1. The van der Waals surface area contributed by atoms with Crippen LogP contribution in [0.2, 0.25) is 0 Å². The van der Waals surface area contributed by atoms with Gasteiger partial charge in [-0.1, -0.05) is 103 Å². The number of ether oxygens (including phenoxy) is 4. The number of aliphatic hydroxyl groups excluding tert-OH is 1.